The van der Waals surface area contributed by atoms with E-state index >= 15 is 0 Å². The molecule has 6 rings (SSSR count). The van der Waals surface area contributed by atoms with E-state index in [0.717, 1.165) is 23.5 Å². The van der Waals surface area contributed by atoms with Gasteiger partial charge in [-0.2, -0.15) is 0 Å². The van der Waals surface area contributed by atoms with Crippen molar-refractivity contribution in [3.8, 4) is 22.3 Å². The third-order valence-corrected chi connectivity index (χ3v) is 7.74. The molecule has 1 aliphatic rings. The number of hydrogen-bond donors (Lipinski definition) is 0. The molecule has 190 valence electrons. The summed E-state index contributed by atoms with van der Waals surface area (Å²) in [6, 6.07) is 46.0. The Morgan fingerprint density at radius 1 is 0.564 bits per heavy atom. The third kappa shape index (κ3) is 5.09. The maximum Gasteiger partial charge on any atom is 0.0465 e. The summed E-state index contributed by atoms with van der Waals surface area (Å²) < 4.78 is 0. The Balaban J connectivity index is 1.49. The number of rotatable bonds is 6. The summed E-state index contributed by atoms with van der Waals surface area (Å²) in [5.74, 6) is 0. The molecule has 0 aliphatic heterocycles. The summed E-state index contributed by atoms with van der Waals surface area (Å²) in [6.07, 6.45) is 9.95. The lowest BCUT2D eigenvalue weighted by Gasteiger charge is -2.32. The maximum absolute atomic E-state index is 2.40. The highest BCUT2D eigenvalue weighted by atomic mass is 15.1. The fraction of sp³-hybridized carbons (Fsp3) is 0.105. The SMILES string of the molecule is Cc1ccc(-c2ccc(N(c3ccccc3)c3ccc(-c4ccccc4)cc3)cc2C2(C)C=CC=CC2)cc1. The van der Waals surface area contributed by atoms with Crippen molar-refractivity contribution in [2.45, 2.75) is 25.7 Å². The van der Waals surface area contributed by atoms with Crippen molar-refractivity contribution in [1.82, 2.24) is 0 Å². The summed E-state index contributed by atoms with van der Waals surface area (Å²) in [7, 11) is 0. The molecule has 0 heterocycles. The minimum Gasteiger partial charge on any atom is -0.310 e. The van der Waals surface area contributed by atoms with Crippen LogP contribution in [0.2, 0.25) is 0 Å². The molecule has 0 radical (unpaired) electrons. The quantitative estimate of drug-likeness (QED) is 0.223. The van der Waals surface area contributed by atoms with Gasteiger partial charge in [0.15, 0.2) is 0 Å². The molecule has 1 aliphatic carbocycles. The van der Waals surface area contributed by atoms with Crippen molar-refractivity contribution in [1.29, 1.82) is 0 Å². The molecule has 0 saturated heterocycles. The Morgan fingerprint density at radius 2 is 1.15 bits per heavy atom. The van der Waals surface area contributed by atoms with E-state index in [0.29, 0.717) is 0 Å². The van der Waals surface area contributed by atoms with Crippen LogP contribution in [0.15, 0.2) is 152 Å². The van der Waals surface area contributed by atoms with Crippen molar-refractivity contribution in [3.63, 3.8) is 0 Å². The monoisotopic (exact) mass is 503 g/mol. The van der Waals surface area contributed by atoms with Gasteiger partial charge in [0, 0.05) is 22.5 Å². The second-order valence-corrected chi connectivity index (χ2v) is 10.6. The number of hydrogen-bond acceptors (Lipinski definition) is 1. The fourth-order valence-electron chi connectivity index (χ4n) is 5.51. The van der Waals surface area contributed by atoms with Crippen LogP contribution in [0.25, 0.3) is 22.3 Å². The highest BCUT2D eigenvalue weighted by Gasteiger charge is 2.28. The number of benzene rings is 5. The van der Waals surface area contributed by atoms with Crippen molar-refractivity contribution < 1.29 is 0 Å². The molecule has 0 amide bonds. The Labute approximate surface area is 232 Å². The van der Waals surface area contributed by atoms with Crippen LogP contribution in [-0.2, 0) is 5.41 Å². The molecule has 5 aromatic carbocycles. The maximum atomic E-state index is 2.40. The van der Waals surface area contributed by atoms with Gasteiger partial charge in [-0.1, -0.05) is 128 Å². The molecule has 0 saturated carbocycles. The summed E-state index contributed by atoms with van der Waals surface area (Å²) >= 11 is 0. The van der Waals surface area contributed by atoms with E-state index in [1.807, 2.05) is 0 Å². The van der Waals surface area contributed by atoms with Gasteiger partial charge in [0.05, 0.1) is 0 Å². The van der Waals surface area contributed by atoms with Crippen molar-refractivity contribution >= 4 is 17.1 Å². The number of aryl methyl sites for hydroxylation is 1. The zero-order valence-corrected chi connectivity index (χ0v) is 22.6. The largest absolute Gasteiger partial charge is 0.310 e. The first kappa shape index (κ1) is 24.7. The number of nitrogens with zero attached hydrogens (tertiary/aromatic N) is 1. The molecule has 5 aromatic rings. The molecule has 0 spiro atoms. The van der Waals surface area contributed by atoms with Crippen LogP contribution in [0.4, 0.5) is 17.1 Å². The zero-order valence-electron chi connectivity index (χ0n) is 22.6. The summed E-state index contributed by atoms with van der Waals surface area (Å²) in [5.41, 5.74) is 10.9. The molecule has 1 atom stereocenters. The van der Waals surface area contributed by atoms with E-state index in [1.165, 1.54) is 33.4 Å². The Kier molecular flexibility index (Phi) is 6.73. The average molecular weight is 504 g/mol. The second kappa shape index (κ2) is 10.6. The van der Waals surface area contributed by atoms with E-state index in [4.69, 9.17) is 0 Å². The summed E-state index contributed by atoms with van der Waals surface area (Å²) in [4.78, 5) is 2.36. The molecule has 0 N–H and O–H groups in total. The van der Waals surface area contributed by atoms with E-state index in [1.54, 1.807) is 0 Å². The minimum atomic E-state index is -0.0928. The van der Waals surface area contributed by atoms with Gasteiger partial charge in [0.2, 0.25) is 0 Å². The lowest BCUT2D eigenvalue weighted by molar-refractivity contribution is 0.601. The third-order valence-electron chi connectivity index (χ3n) is 7.74. The molecule has 39 heavy (non-hydrogen) atoms. The molecule has 0 aromatic heterocycles. The van der Waals surface area contributed by atoms with Gasteiger partial charge in [0.25, 0.3) is 0 Å². The van der Waals surface area contributed by atoms with E-state index in [9.17, 15) is 0 Å². The lowest BCUT2D eigenvalue weighted by Crippen LogP contribution is -2.21. The van der Waals surface area contributed by atoms with Gasteiger partial charge in [-0.05, 0) is 77.6 Å². The normalized spacial score (nSPS) is 16.3. The van der Waals surface area contributed by atoms with Crippen LogP contribution in [0.3, 0.4) is 0 Å². The van der Waals surface area contributed by atoms with Crippen molar-refractivity contribution in [2.24, 2.45) is 0 Å². The van der Waals surface area contributed by atoms with Crippen molar-refractivity contribution in [2.75, 3.05) is 4.90 Å². The first-order chi connectivity index (χ1) is 19.1. The van der Waals surface area contributed by atoms with Gasteiger partial charge in [-0.15, -0.1) is 0 Å². The van der Waals surface area contributed by atoms with E-state index in [2.05, 4.69) is 170 Å². The van der Waals surface area contributed by atoms with Crippen LogP contribution < -0.4 is 4.90 Å². The Bertz CT molecular complexity index is 1610. The highest BCUT2D eigenvalue weighted by molar-refractivity contribution is 5.81. The van der Waals surface area contributed by atoms with E-state index in [-0.39, 0.29) is 5.41 Å². The average Bonchev–Trinajstić information content (AvgIpc) is 2.99. The lowest BCUT2D eigenvalue weighted by atomic mass is 9.74. The molecule has 0 fully saturated rings. The fourth-order valence-corrected chi connectivity index (χ4v) is 5.51. The van der Waals surface area contributed by atoms with Crippen LogP contribution in [-0.4, -0.2) is 0 Å². The van der Waals surface area contributed by atoms with Crippen LogP contribution in [0.5, 0.6) is 0 Å². The highest BCUT2D eigenvalue weighted by Crippen LogP contribution is 2.43. The number of allylic oxidation sites excluding steroid dienone is 4. The topological polar surface area (TPSA) is 3.24 Å². The molecule has 1 nitrogen and oxygen atoms in total. The molecule has 0 bridgehead atoms. The first-order valence-electron chi connectivity index (χ1n) is 13.7. The minimum absolute atomic E-state index is 0.0928. The predicted molar refractivity (Wildman–Crippen MR) is 167 cm³/mol. The van der Waals surface area contributed by atoms with Crippen molar-refractivity contribution in [3.05, 3.63) is 163 Å². The van der Waals surface area contributed by atoms with Crippen LogP contribution in [0, 0.1) is 6.92 Å². The van der Waals surface area contributed by atoms with Gasteiger partial charge >= 0.3 is 0 Å². The first-order valence-corrected chi connectivity index (χ1v) is 13.7. The van der Waals surface area contributed by atoms with Crippen LogP contribution in [0.1, 0.15) is 24.5 Å². The number of anilines is 3. The van der Waals surface area contributed by atoms with Gasteiger partial charge in [-0.25, -0.2) is 0 Å². The second-order valence-electron chi connectivity index (χ2n) is 10.6. The summed E-state index contributed by atoms with van der Waals surface area (Å²) in [5, 5.41) is 0. The van der Waals surface area contributed by atoms with Gasteiger partial charge in [0.1, 0.15) is 0 Å². The standard InChI is InChI=1S/C38H33N/c1-29-16-18-32(19-17-29)36-25-24-35(28-37(36)38(2)26-10-5-11-27-38)39(33-14-8-4-9-15-33)34-22-20-31(21-23-34)30-12-6-3-7-13-30/h3-26,28H,27H2,1-2H3. The summed E-state index contributed by atoms with van der Waals surface area (Å²) in [6.45, 7) is 4.50. The molecular weight excluding hydrogens is 470 g/mol. The zero-order chi connectivity index (χ0) is 26.7. The molecule has 1 unspecified atom stereocenters. The van der Waals surface area contributed by atoms with Crippen LogP contribution >= 0.6 is 0 Å². The Hall–Kier alpha value is -4.62. The predicted octanol–water partition coefficient (Wildman–Crippen LogP) is 10.6. The van der Waals surface area contributed by atoms with E-state index < -0.39 is 0 Å². The van der Waals surface area contributed by atoms with Gasteiger partial charge in [-0.3, -0.25) is 0 Å². The van der Waals surface area contributed by atoms with Gasteiger partial charge < -0.3 is 4.90 Å². The molecule has 1 heteroatoms. The Morgan fingerprint density at radius 3 is 1.82 bits per heavy atom. The molecular formula is C38H33N. The number of para-hydroxylation sites is 1. The smallest absolute Gasteiger partial charge is 0.0465 e.